The highest BCUT2D eigenvalue weighted by Crippen LogP contribution is 2.21. The van der Waals surface area contributed by atoms with E-state index < -0.39 is 0 Å². The van der Waals surface area contributed by atoms with Crippen molar-refractivity contribution in [3.05, 3.63) is 30.5 Å². The Bertz CT molecular complexity index is 607. The quantitative estimate of drug-likeness (QED) is 0.849. The number of hydrogen-bond acceptors (Lipinski definition) is 5. The molecule has 98 valence electrons. The first-order chi connectivity index (χ1) is 9.24. The van der Waals surface area contributed by atoms with E-state index in [0.717, 1.165) is 23.5 Å². The summed E-state index contributed by atoms with van der Waals surface area (Å²) in [6.45, 7) is 1.40. The van der Waals surface area contributed by atoms with E-state index in [1.165, 1.54) is 0 Å². The van der Waals surface area contributed by atoms with Crippen molar-refractivity contribution in [2.45, 2.75) is 12.3 Å². The van der Waals surface area contributed by atoms with Gasteiger partial charge in [-0.15, -0.1) is 0 Å². The van der Waals surface area contributed by atoms with Gasteiger partial charge in [-0.1, -0.05) is 0 Å². The average molecular weight is 257 g/mol. The molecule has 0 spiro atoms. The number of ketones is 1. The zero-order valence-corrected chi connectivity index (χ0v) is 10.7. The van der Waals surface area contributed by atoms with E-state index in [9.17, 15) is 4.79 Å². The predicted octanol–water partition coefficient (Wildman–Crippen LogP) is 0.523. The van der Waals surface area contributed by atoms with E-state index in [0.29, 0.717) is 13.0 Å². The number of carbonyl (C=O) groups is 1. The van der Waals surface area contributed by atoms with Crippen molar-refractivity contribution < 1.29 is 4.79 Å². The van der Waals surface area contributed by atoms with E-state index in [1.807, 2.05) is 13.2 Å². The monoisotopic (exact) mass is 257 g/mol. The van der Waals surface area contributed by atoms with Crippen LogP contribution in [-0.4, -0.2) is 38.6 Å². The molecule has 1 aliphatic heterocycles. The van der Waals surface area contributed by atoms with Gasteiger partial charge in [-0.3, -0.25) is 14.5 Å². The maximum absolute atomic E-state index is 11.9. The fourth-order valence-electron chi connectivity index (χ4n) is 2.26. The van der Waals surface area contributed by atoms with Crippen LogP contribution in [0.25, 0.3) is 11.3 Å². The molecule has 2 aromatic rings. The SMILES string of the molecule is Cn1cc(-c2cncc(C3CNCCC3=O)n2)cn1. The van der Waals surface area contributed by atoms with Gasteiger partial charge in [0.25, 0.3) is 0 Å². The summed E-state index contributed by atoms with van der Waals surface area (Å²) in [5.74, 6) is 0.0502. The van der Waals surface area contributed by atoms with Gasteiger partial charge in [-0.25, -0.2) is 4.98 Å². The zero-order chi connectivity index (χ0) is 13.2. The maximum atomic E-state index is 11.9. The molecule has 1 unspecified atom stereocenters. The van der Waals surface area contributed by atoms with Gasteiger partial charge in [0.2, 0.25) is 0 Å². The van der Waals surface area contributed by atoms with Crippen molar-refractivity contribution >= 4 is 5.78 Å². The summed E-state index contributed by atoms with van der Waals surface area (Å²) < 4.78 is 1.72. The fraction of sp³-hybridized carbons (Fsp3) is 0.385. The molecule has 0 bridgehead atoms. The third-order valence-corrected chi connectivity index (χ3v) is 3.30. The summed E-state index contributed by atoms with van der Waals surface area (Å²) in [7, 11) is 1.86. The molecule has 0 aromatic carbocycles. The minimum Gasteiger partial charge on any atom is -0.315 e. The molecular formula is C13H15N5O. The number of aromatic nitrogens is 4. The Balaban J connectivity index is 1.93. The number of hydrogen-bond donors (Lipinski definition) is 1. The van der Waals surface area contributed by atoms with Crippen molar-refractivity contribution in [1.82, 2.24) is 25.1 Å². The first kappa shape index (κ1) is 12.0. The summed E-state index contributed by atoms with van der Waals surface area (Å²) in [6, 6.07) is 0. The molecule has 3 rings (SSSR count). The van der Waals surface area contributed by atoms with E-state index in [4.69, 9.17) is 0 Å². The van der Waals surface area contributed by atoms with Crippen LogP contribution in [0.1, 0.15) is 18.0 Å². The van der Waals surface area contributed by atoms with Crippen LogP contribution in [0.3, 0.4) is 0 Å². The second-order valence-corrected chi connectivity index (χ2v) is 4.70. The lowest BCUT2D eigenvalue weighted by atomic mass is 9.95. The van der Waals surface area contributed by atoms with E-state index in [-0.39, 0.29) is 11.7 Å². The Hall–Kier alpha value is -2.08. The van der Waals surface area contributed by atoms with E-state index in [2.05, 4.69) is 20.4 Å². The molecular weight excluding hydrogens is 242 g/mol. The van der Waals surface area contributed by atoms with Gasteiger partial charge >= 0.3 is 0 Å². The number of nitrogens with zero attached hydrogens (tertiary/aromatic N) is 4. The molecule has 6 heteroatoms. The van der Waals surface area contributed by atoms with Crippen molar-refractivity contribution in [3.8, 4) is 11.3 Å². The van der Waals surface area contributed by atoms with Crippen LogP contribution in [-0.2, 0) is 11.8 Å². The first-order valence-corrected chi connectivity index (χ1v) is 6.28. The number of piperidine rings is 1. The number of nitrogens with one attached hydrogen (secondary N) is 1. The third kappa shape index (κ3) is 2.39. The van der Waals surface area contributed by atoms with Gasteiger partial charge in [0.1, 0.15) is 5.78 Å². The van der Waals surface area contributed by atoms with Gasteiger partial charge in [0, 0.05) is 44.5 Å². The van der Waals surface area contributed by atoms with E-state index >= 15 is 0 Å². The third-order valence-electron chi connectivity index (χ3n) is 3.30. The lowest BCUT2D eigenvalue weighted by Gasteiger charge is -2.20. The summed E-state index contributed by atoms with van der Waals surface area (Å²) in [6.07, 6.45) is 7.56. The minimum absolute atomic E-state index is 0.183. The van der Waals surface area contributed by atoms with Crippen molar-refractivity contribution in [3.63, 3.8) is 0 Å². The van der Waals surface area contributed by atoms with Crippen LogP contribution in [0.5, 0.6) is 0 Å². The van der Waals surface area contributed by atoms with Crippen molar-refractivity contribution in [2.75, 3.05) is 13.1 Å². The molecule has 1 aliphatic rings. The number of aryl methyl sites for hydroxylation is 1. The highest BCUT2D eigenvalue weighted by Gasteiger charge is 2.25. The fourth-order valence-corrected chi connectivity index (χ4v) is 2.26. The topological polar surface area (TPSA) is 72.7 Å². The van der Waals surface area contributed by atoms with Crippen LogP contribution in [0.2, 0.25) is 0 Å². The Morgan fingerprint density at radius 2 is 2.26 bits per heavy atom. The molecule has 19 heavy (non-hydrogen) atoms. The van der Waals surface area contributed by atoms with Crippen LogP contribution < -0.4 is 5.32 Å². The van der Waals surface area contributed by atoms with Gasteiger partial charge in [0.05, 0.1) is 29.7 Å². The molecule has 0 saturated carbocycles. The average Bonchev–Trinajstić information content (AvgIpc) is 2.86. The second-order valence-electron chi connectivity index (χ2n) is 4.70. The smallest absolute Gasteiger partial charge is 0.144 e. The van der Waals surface area contributed by atoms with E-state index in [1.54, 1.807) is 23.3 Å². The van der Waals surface area contributed by atoms with Crippen LogP contribution >= 0.6 is 0 Å². The van der Waals surface area contributed by atoms with Gasteiger partial charge in [0.15, 0.2) is 0 Å². The van der Waals surface area contributed by atoms with Crippen LogP contribution in [0, 0.1) is 0 Å². The number of Topliss-reactive ketones (excluding diaryl/α,β-unsaturated/α-hetero) is 1. The number of rotatable bonds is 2. The summed E-state index contributed by atoms with van der Waals surface area (Å²) in [4.78, 5) is 20.7. The highest BCUT2D eigenvalue weighted by atomic mass is 16.1. The number of carbonyl (C=O) groups excluding carboxylic acids is 1. The molecule has 3 heterocycles. The Labute approximate surface area is 110 Å². The molecule has 6 nitrogen and oxygen atoms in total. The molecule has 1 fully saturated rings. The molecule has 0 radical (unpaired) electrons. The molecule has 0 amide bonds. The first-order valence-electron chi connectivity index (χ1n) is 6.28. The van der Waals surface area contributed by atoms with Crippen LogP contribution in [0.15, 0.2) is 24.8 Å². The van der Waals surface area contributed by atoms with Gasteiger partial charge in [-0.05, 0) is 0 Å². The Morgan fingerprint density at radius 1 is 1.37 bits per heavy atom. The molecule has 1 atom stereocenters. The lowest BCUT2D eigenvalue weighted by Crippen LogP contribution is -2.35. The standard InChI is InChI=1S/C13H15N5O/c1-18-8-9(4-16-18)11-6-15-7-12(17-11)10-5-14-3-2-13(10)19/h4,6-8,10,14H,2-3,5H2,1H3. The summed E-state index contributed by atoms with van der Waals surface area (Å²) >= 11 is 0. The zero-order valence-electron chi connectivity index (χ0n) is 10.7. The molecule has 2 aromatic heterocycles. The molecule has 0 aliphatic carbocycles. The second kappa shape index (κ2) is 4.89. The van der Waals surface area contributed by atoms with Gasteiger partial charge in [-0.2, -0.15) is 5.10 Å². The predicted molar refractivity (Wildman–Crippen MR) is 69.5 cm³/mol. The maximum Gasteiger partial charge on any atom is 0.144 e. The normalized spacial score (nSPS) is 19.6. The van der Waals surface area contributed by atoms with Crippen molar-refractivity contribution in [2.24, 2.45) is 7.05 Å². The summed E-state index contributed by atoms with van der Waals surface area (Å²) in [5, 5.41) is 7.34. The van der Waals surface area contributed by atoms with Crippen molar-refractivity contribution in [1.29, 1.82) is 0 Å². The Kier molecular flexibility index (Phi) is 3.08. The summed E-state index contributed by atoms with van der Waals surface area (Å²) in [5.41, 5.74) is 2.40. The Morgan fingerprint density at radius 3 is 3.00 bits per heavy atom. The van der Waals surface area contributed by atoms with Gasteiger partial charge < -0.3 is 5.32 Å². The largest absolute Gasteiger partial charge is 0.315 e. The highest BCUT2D eigenvalue weighted by molar-refractivity contribution is 5.86. The molecule has 1 N–H and O–H groups in total. The van der Waals surface area contributed by atoms with Crippen LogP contribution in [0.4, 0.5) is 0 Å². The minimum atomic E-state index is -0.183. The molecule has 1 saturated heterocycles. The lowest BCUT2D eigenvalue weighted by molar-refractivity contribution is -0.121.